The predicted octanol–water partition coefficient (Wildman–Crippen LogP) is 10.9. The molecule has 0 aliphatic heterocycles. The van der Waals surface area contributed by atoms with E-state index in [9.17, 15) is 0 Å². The van der Waals surface area contributed by atoms with Crippen molar-refractivity contribution in [2.75, 3.05) is 4.90 Å². The van der Waals surface area contributed by atoms with Crippen LogP contribution < -0.4 is 4.90 Å². The lowest BCUT2D eigenvalue weighted by molar-refractivity contribution is 0.667. The zero-order chi connectivity index (χ0) is 27.9. The van der Waals surface area contributed by atoms with Crippen LogP contribution >= 0.6 is 0 Å². The minimum absolute atomic E-state index is 0.783. The van der Waals surface area contributed by atoms with Crippen molar-refractivity contribution < 1.29 is 4.42 Å². The zero-order valence-electron chi connectivity index (χ0n) is 22.8. The fourth-order valence-corrected chi connectivity index (χ4v) is 5.94. The molecule has 0 aliphatic carbocycles. The van der Waals surface area contributed by atoms with Crippen LogP contribution in [0.25, 0.3) is 55.0 Å². The maximum Gasteiger partial charge on any atom is 0.159 e. The smallest absolute Gasteiger partial charge is 0.159 e. The van der Waals surface area contributed by atoms with Crippen LogP contribution in [0.4, 0.5) is 17.1 Å². The second-order valence-corrected chi connectivity index (χ2v) is 10.4. The number of benzene rings is 6. The van der Waals surface area contributed by atoms with Crippen LogP contribution in [0, 0.1) is 0 Å². The van der Waals surface area contributed by atoms with Gasteiger partial charge in [0.05, 0.1) is 11.9 Å². The molecule has 0 saturated carbocycles. The molecule has 42 heavy (non-hydrogen) atoms. The summed E-state index contributed by atoms with van der Waals surface area (Å²) in [6, 6.07) is 51.4. The van der Waals surface area contributed by atoms with Crippen LogP contribution in [-0.2, 0) is 0 Å². The molecule has 0 bridgehead atoms. The van der Waals surface area contributed by atoms with Crippen molar-refractivity contribution in [2.24, 2.45) is 0 Å². The molecule has 3 heteroatoms. The minimum atomic E-state index is 0.783. The number of anilines is 3. The van der Waals surface area contributed by atoms with Gasteiger partial charge in [-0.2, -0.15) is 0 Å². The first kappa shape index (κ1) is 24.2. The lowest BCUT2D eigenvalue weighted by Crippen LogP contribution is -2.10. The molecule has 8 rings (SSSR count). The van der Waals surface area contributed by atoms with Gasteiger partial charge in [0.1, 0.15) is 0 Å². The summed E-state index contributed by atoms with van der Waals surface area (Å²) in [5, 5.41) is 4.63. The predicted molar refractivity (Wildman–Crippen MR) is 175 cm³/mol. The zero-order valence-corrected chi connectivity index (χ0v) is 22.8. The number of fused-ring (bicyclic) bond motifs is 4. The highest BCUT2D eigenvalue weighted by atomic mass is 16.3. The highest BCUT2D eigenvalue weighted by Crippen LogP contribution is 2.43. The van der Waals surface area contributed by atoms with E-state index >= 15 is 0 Å². The Morgan fingerprint density at radius 1 is 0.476 bits per heavy atom. The fourth-order valence-electron chi connectivity index (χ4n) is 5.94. The number of para-hydroxylation sites is 1. The van der Waals surface area contributed by atoms with Crippen molar-refractivity contribution in [3.05, 3.63) is 158 Å². The van der Waals surface area contributed by atoms with Gasteiger partial charge in [-0.05, 0) is 69.4 Å². The first-order valence-corrected chi connectivity index (χ1v) is 14.1. The van der Waals surface area contributed by atoms with Crippen LogP contribution in [0.15, 0.2) is 162 Å². The Balaban J connectivity index is 1.28. The number of hydrogen-bond donors (Lipinski definition) is 0. The second kappa shape index (κ2) is 10.1. The Morgan fingerprint density at radius 3 is 1.93 bits per heavy atom. The number of rotatable bonds is 5. The summed E-state index contributed by atoms with van der Waals surface area (Å²) in [5.41, 5.74) is 9.50. The van der Waals surface area contributed by atoms with Crippen molar-refractivity contribution in [1.82, 2.24) is 4.98 Å². The molecular formula is C39H26N2O. The van der Waals surface area contributed by atoms with Gasteiger partial charge in [-0.3, -0.25) is 4.98 Å². The standard InChI is InChI=1S/C39H26N2O/c1-2-8-27(9-3-1)28-16-20-31(21-17-28)41(37-15-7-14-36-35-24-25-40-26-38(35)42-39(36)37)32-22-18-30(19-23-32)34-13-6-11-29-10-4-5-12-33(29)34/h1-26H. The minimum Gasteiger partial charge on any atom is -0.452 e. The van der Waals surface area contributed by atoms with Gasteiger partial charge in [-0.1, -0.05) is 109 Å². The van der Waals surface area contributed by atoms with Gasteiger partial charge in [-0.25, -0.2) is 0 Å². The summed E-state index contributed by atoms with van der Waals surface area (Å²) >= 11 is 0. The first-order chi connectivity index (χ1) is 20.8. The largest absolute Gasteiger partial charge is 0.452 e. The maximum absolute atomic E-state index is 6.44. The van der Waals surface area contributed by atoms with E-state index in [4.69, 9.17) is 4.42 Å². The molecule has 0 N–H and O–H groups in total. The third-order valence-corrected chi connectivity index (χ3v) is 7.98. The number of pyridine rings is 1. The molecule has 0 unspecified atom stereocenters. The molecule has 0 spiro atoms. The molecule has 0 radical (unpaired) electrons. The molecule has 2 aromatic heterocycles. The van der Waals surface area contributed by atoms with E-state index in [1.54, 1.807) is 6.20 Å². The van der Waals surface area contributed by atoms with E-state index in [0.717, 1.165) is 39.0 Å². The number of aromatic nitrogens is 1. The van der Waals surface area contributed by atoms with Crippen LogP contribution in [-0.4, -0.2) is 4.98 Å². The van der Waals surface area contributed by atoms with E-state index in [-0.39, 0.29) is 0 Å². The SMILES string of the molecule is c1ccc(-c2ccc(N(c3ccc(-c4cccc5ccccc45)cc3)c3cccc4c3oc3cnccc34)cc2)cc1. The summed E-state index contributed by atoms with van der Waals surface area (Å²) in [5.74, 6) is 0. The van der Waals surface area contributed by atoms with Gasteiger partial charge in [0, 0.05) is 28.3 Å². The molecule has 8 aromatic rings. The molecule has 2 heterocycles. The molecule has 0 aliphatic rings. The highest BCUT2D eigenvalue weighted by Gasteiger charge is 2.19. The summed E-state index contributed by atoms with van der Waals surface area (Å²) in [6.07, 6.45) is 3.60. The van der Waals surface area contributed by atoms with E-state index in [1.807, 2.05) is 18.3 Å². The lowest BCUT2D eigenvalue weighted by atomic mass is 9.98. The first-order valence-electron chi connectivity index (χ1n) is 14.1. The fraction of sp³-hybridized carbons (Fsp3) is 0. The lowest BCUT2D eigenvalue weighted by Gasteiger charge is -2.26. The van der Waals surface area contributed by atoms with E-state index in [2.05, 4.69) is 143 Å². The Morgan fingerprint density at radius 2 is 1.12 bits per heavy atom. The maximum atomic E-state index is 6.44. The Hall–Kier alpha value is -5.67. The third-order valence-electron chi connectivity index (χ3n) is 7.98. The molecule has 0 fully saturated rings. The van der Waals surface area contributed by atoms with Crippen molar-refractivity contribution in [2.45, 2.75) is 0 Å². The number of furan rings is 1. The molecule has 6 aromatic carbocycles. The monoisotopic (exact) mass is 538 g/mol. The van der Waals surface area contributed by atoms with Gasteiger partial charge in [0.25, 0.3) is 0 Å². The molecule has 198 valence electrons. The van der Waals surface area contributed by atoms with E-state index in [0.29, 0.717) is 0 Å². The Labute approximate surface area is 243 Å². The Bertz CT molecular complexity index is 2170. The molecule has 0 amide bonds. The summed E-state index contributed by atoms with van der Waals surface area (Å²) in [7, 11) is 0. The van der Waals surface area contributed by atoms with Gasteiger partial charge >= 0.3 is 0 Å². The van der Waals surface area contributed by atoms with Crippen molar-refractivity contribution in [3.63, 3.8) is 0 Å². The Kier molecular flexibility index (Phi) is 5.79. The van der Waals surface area contributed by atoms with Crippen molar-refractivity contribution in [1.29, 1.82) is 0 Å². The van der Waals surface area contributed by atoms with Gasteiger partial charge in [-0.15, -0.1) is 0 Å². The van der Waals surface area contributed by atoms with Crippen LogP contribution in [0.3, 0.4) is 0 Å². The quantitative estimate of drug-likeness (QED) is 0.218. The average Bonchev–Trinajstić information content (AvgIpc) is 3.45. The van der Waals surface area contributed by atoms with Gasteiger partial charge in [0.2, 0.25) is 0 Å². The normalized spacial score (nSPS) is 11.3. The van der Waals surface area contributed by atoms with Crippen molar-refractivity contribution >= 4 is 49.8 Å². The second-order valence-electron chi connectivity index (χ2n) is 10.4. The van der Waals surface area contributed by atoms with Crippen LogP contribution in [0.2, 0.25) is 0 Å². The van der Waals surface area contributed by atoms with Gasteiger partial charge < -0.3 is 9.32 Å². The van der Waals surface area contributed by atoms with E-state index in [1.165, 1.54) is 33.0 Å². The van der Waals surface area contributed by atoms with Crippen LogP contribution in [0.5, 0.6) is 0 Å². The summed E-state index contributed by atoms with van der Waals surface area (Å²) in [4.78, 5) is 6.57. The molecular weight excluding hydrogens is 512 g/mol. The summed E-state index contributed by atoms with van der Waals surface area (Å²) in [6.45, 7) is 0. The molecule has 0 saturated heterocycles. The number of hydrogen-bond acceptors (Lipinski definition) is 3. The third kappa shape index (κ3) is 4.11. The summed E-state index contributed by atoms with van der Waals surface area (Å²) < 4.78 is 6.44. The highest BCUT2D eigenvalue weighted by molar-refractivity contribution is 6.10. The van der Waals surface area contributed by atoms with E-state index < -0.39 is 0 Å². The average molecular weight is 539 g/mol. The molecule has 0 atom stereocenters. The van der Waals surface area contributed by atoms with Crippen molar-refractivity contribution in [3.8, 4) is 22.3 Å². The van der Waals surface area contributed by atoms with Crippen LogP contribution in [0.1, 0.15) is 0 Å². The van der Waals surface area contributed by atoms with Gasteiger partial charge in [0.15, 0.2) is 11.2 Å². The molecule has 3 nitrogen and oxygen atoms in total. The number of nitrogens with zero attached hydrogens (tertiary/aromatic N) is 2. The topological polar surface area (TPSA) is 29.3 Å².